The second-order valence-corrected chi connectivity index (χ2v) is 6.43. The van der Waals surface area contributed by atoms with Gasteiger partial charge in [-0.05, 0) is 36.5 Å². The van der Waals surface area contributed by atoms with Crippen molar-refractivity contribution in [1.29, 1.82) is 5.26 Å². The van der Waals surface area contributed by atoms with Crippen LogP contribution in [0.5, 0.6) is 0 Å². The van der Waals surface area contributed by atoms with Crippen molar-refractivity contribution in [3.8, 4) is 6.07 Å². The molecule has 0 N–H and O–H groups in total. The predicted molar refractivity (Wildman–Crippen MR) is 85.1 cm³/mol. The van der Waals surface area contributed by atoms with Crippen LogP contribution in [0.2, 0.25) is 0 Å². The third-order valence-electron chi connectivity index (χ3n) is 4.78. The quantitative estimate of drug-likeness (QED) is 0.742. The molecule has 1 fully saturated rings. The molecule has 2 heteroatoms. The zero-order valence-electron chi connectivity index (χ0n) is 13.2. The Morgan fingerprint density at radius 2 is 1.86 bits per heavy atom. The molecular weight excluding hydrogens is 258 g/mol. The lowest BCUT2D eigenvalue weighted by Gasteiger charge is -2.16. The maximum absolute atomic E-state index is 12.5. The Morgan fingerprint density at radius 3 is 2.43 bits per heavy atom. The SMILES string of the molecule is Cc1ccc(C(C#N)C(=O)CC2CCCCCC2)cc1C. The molecular formula is C19H25NO. The first-order valence-electron chi connectivity index (χ1n) is 8.11. The van der Waals surface area contributed by atoms with Gasteiger partial charge in [-0.25, -0.2) is 0 Å². The lowest BCUT2D eigenvalue weighted by atomic mass is 9.86. The lowest BCUT2D eigenvalue weighted by molar-refractivity contribution is -0.120. The van der Waals surface area contributed by atoms with Crippen LogP contribution in [0.1, 0.15) is 67.6 Å². The predicted octanol–water partition coefficient (Wildman–Crippen LogP) is 4.84. The van der Waals surface area contributed by atoms with Gasteiger partial charge in [-0.15, -0.1) is 0 Å². The van der Waals surface area contributed by atoms with E-state index in [1.807, 2.05) is 32.0 Å². The molecule has 0 bridgehead atoms. The Bertz CT molecular complexity index is 533. The Hall–Kier alpha value is -1.62. The molecule has 1 aliphatic rings. The van der Waals surface area contributed by atoms with Gasteiger partial charge in [0.15, 0.2) is 5.78 Å². The van der Waals surface area contributed by atoms with Crippen molar-refractivity contribution in [2.75, 3.05) is 0 Å². The molecule has 2 rings (SSSR count). The minimum absolute atomic E-state index is 0.104. The molecule has 1 atom stereocenters. The summed E-state index contributed by atoms with van der Waals surface area (Å²) in [6.45, 7) is 4.08. The van der Waals surface area contributed by atoms with Crippen LogP contribution in [-0.4, -0.2) is 5.78 Å². The minimum Gasteiger partial charge on any atom is -0.298 e. The zero-order valence-corrected chi connectivity index (χ0v) is 13.2. The molecule has 21 heavy (non-hydrogen) atoms. The number of benzene rings is 1. The summed E-state index contributed by atoms with van der Waals surface area (Å²) in [6.07, 6.45) is 7.93. The number of nitriles is 1. The van der Waals surface area contributed by atoms with E-state index < -0.39 is 5.92 Å². The number of hydrogen-bond donors (Lipinski definition) is 0. The number of carbonyl (C=O) groups is 1. The third-order valence-corrected chi connectivity index (χ3v) is 4.78. The highest BCUT2D eigenvalue weighted by atomic mass is 16.1. The van der Waals surface area contributed by atoms with E-state index in [1.165, 1.54) is 31.2 Å². The molecule has 0 radical (unpaired) electrons. The van der Waals surface area contributed by atoms with Crippen LogP contribution in [-0.2, 0) is 4.79 Å². The van der Waals surface area contributed by atoms with E-state index in [1.54, 1.807) is 0 Å². The summed E-state index contributed by atoms with van der Waals surface area (Å²) in [5, 5.41) is 9.42. The van der Waals surface area contributed by atoms with Crippen LogP contribution in [0.25, 0.3) is 0 Å². The Morgan fingerprint density at radius 1 is 1.19 bits per heavy atom. The van der Waals surface area contributed by atoms with E-state index >= 15 is 0 Å². The van der Waals surface area contributed by atoms with Gasteiger partial charge in [-0.2, -0.15) is 5.26 Å². The molecule has 0 saturated heterocycles. The number of Topliss-reactive ketones (excluding diaryl/α,β-unsaturated/α-hetero) is 1. The molecule has 0 amide bonds. The highest BCUT2D eigenvalue weighted by Crippen LogP contribution is 2.29. The second kappa shape index (κ2) is 7.41. The number of nitrogens with zero attached hydrogens (tertiary/aromatic N) is 1. The van der Waals surface area contributed by atoms with Gasteiger partial charge >= 0.3 is 0 Å². The number of ketones is 1. The van der Waals surface area contributed by atoms with Gasteiger partial charge in [0, 0.05) is 6.42 Å². The highest BCUT2D eigenvalue weighted by Gasteiger charge is 2.24. The van der Waals surface area contributed by atoms with Crippen molar-refractivity contribution >= 4 is 5.78 Å². The van der Waals surface area contributed by atoms with Crippen molar-refractivity contribution in [3.63, 3.8) is 0 Å². The van der Waals surface area contributed by atoms with Gasteiger partial charge in [-0.1, -0.05) is 56.7 Å². The normalized spacial score (nSPS) is 17.8. The van der Waals surface area contributed by atoms with E-state index in [9.17, 15) is 10.1 Å². The average Bonchev–Trinajstić information content (AvgIpc) is 2.72. The average molecular weight is 283 g/mol. The van der Waals surface area contributed by atoms with Crippen molar-refractivity contribution in [2.24, 2.45) is 5.92 Å². The van der Waals surface area contributed by atoms with Crippen molar-refractivity contribution < 1.29 is 4.79 Å². The number of carbonyl (C=O) groups excluding carboxylic acids is 1. The fourth-order valence-electron chi connectivity index (χ4n) is 3.25. The highest BCUT2D eigenvalue weighted by molar-refractivity contribution is 5.88. The largest absolute Gasteiger partial charge is 0.298 e. The molecule has 0 spiro atoms. The van der Waals surface area contributed by atoms with Crippen LogP contribution in [0.4, 0.5) is 0 Å². The first kappa shape index (κ1) is 15.8. The van der Waals surface area contributed by atoms with Crippen molar-refractivity contribution in [2.45, 2.75) is 64.7 Å². The lowest BCUT2D eigenvalue weighted by Crippen LogP contribution is -2.15. The molecule has 112 valence electrons. The van der Waals surface area contributed by atoms with Crippen LogP contribution in [0.3, 0.4) is 0 Å². The summed E-state index contributed by atoms with van der Waals surface area (Å²) in [5.41, 5.74) is 3.21. The van der Waals surface area contributed by atoms with Crippen molar-refractivity contribution in [1.82, 2.24) is 0 Å². The van der Waals surface area contributed by atoms with Crippen LogP contribution >= 0.6 is 0 Å². The minimum atomic E-state index is -0.590. The smallest absolute Gasteiger partial charge is 0.154 e. The van der Waals surface area contributed by atoms with Crippen molar-refractivity contribution in [3.05, 3.63) is 34.9 Å². The topological polar surface area (TPSA) is 40.9 Å². The Labute approximate surface area is 128 Å². The fourth-order valence-corrected chi connectivity index (χ4v) is 3.25. The summed E-state index contributed by atoms with van der Waals surface area (Å²) in [6, 6.07) is 8.15. The first-order chi connectivity index (χ1) is 10.1. The monoisotopic (exact) mass is 283 g/mol. The number of hydrogen-bond acceptors (Lipinski definition) is 2. The van der Waals surface area contributed by atoms with E-state index in [2.05, 4.69) is 6.07 Å². The summed E-state index contributed by atoms with van der Waals surface area (Å²) in [7, 11) is 0. The third kappa shape index (κ3) is 4.17. The summed E-state index contributed by atoms with van der Waals surface area (Å²) >= 11 is 0. The molecule has 1 aromatic carbocycles. The van der Waals surface area contributed by atoms with E-state index in [0.717, 1.165) is 24.0 Å². The number of rotatable bonds is 4. The van der Waals surface area contributed by atoms with Gasteiger partial charge in [0.25, 0.3) is 0 Å². The van der Waals surface area contributed by atoms with Gasteiger partial charge in [0.2, 0.25) is 0 Å². The molecule has 0 aromatic heterocycles. The van der Waals surface area contributed by atoms with Crippen LogP contribution in [0.15, 0.2) is 18.2 Å². The van der Waals surface area contributed by atoms with Crippen LogP contribution in [0, 0.1) is 31.1 Å². The Balaban J connectivity index is 2.07. The molecule has 0 heterocycles. The van der Waals surface area contributed by atoms with E-state index in [4.69, 9.17) is 0 Å². The standard InChI is InChI=1S/C19H25NO/c1-14-9-10-17(11-15(14)2)18(13-20)19(21)12-16-7-5-3-4-6-8-16/h9-11,16,18H,3-8,12H2,1-2H3. The zero-order chi connectivity index (χ0) is 15.2. The maximum atomic E-state index is 12.5. The van der Waals surface area contributed by atoms with E-state index in [-0.39, 0.29) is 5.78 Å². The van der Waals surface area contributed by atoms with Gasteiger partial charge in [0.1, 0.15) is 5.92 Å². The summed E-state index contributed by atoms with van der Waals surface area (Å²) in [4.78, 5) is 12.5. The molecule has 1 aromatic rings. The second-order valence-electron chi connectivity index (χ2n) is 6.43. The first-order valence-corrected chi connectivity index (χ1v) is 8.11. The molecule has 1 unspecified atom stereocenters. The number of aryl methyl sites for hydroxylation is 2. The van der Waals surface area contributed by atoms with Gasteiger partial charge in [-0.3, -0.25) is 4.79 Å². The van der Waals surface area contributed by atoms with Crippen LogP contribution < -0.4 is 0 Å². The molecule has 1 aliphatic carbocycles. The van der Waals surface area contributed by atoms with Gasteiger partial charge in [0.05, 0.1) is 6.07 Å². The summed E-state index contributed by atoms with van der Waals surface area (Å²) < 4.78 is 0. The summed E-state index contributed by atoms with van der Waals surface area (Å²) in [5.74, 6) is 0.00241. The molecule has 2 nitrogen and oxygen atoms in total. The maximum Gasteiger partial charge on any atom is 0.154 e. The molecule has 1 saturated carbocycles. The molecule has 0 aliphatic heterocycles. The van der Waals surface area contributed by atoms with Gasteiger partial charge < -0.3 is 0 Å². The fraction of sp³-hybridized carbons (Fsp3) is 0.579. The Kier molecular flexibility index (Phi) is 5.56. The van der Waals surface area contributed by atoms with E-state index in [0.29, 0.717) is 12.3 Å².